The van der Waals surface area contributed by atoms with Crippen LogP contribution in [0.4, 0.5) is 0 Å². The Morgan fingerprint density at radius 1 is 1.16 bits per heavy atom. The summed E-state index contributed by atoms with van der Waals surface area (Å²) in [5.41, 5.74) is 11.8. The van der Waals surface area contributed by atoms with E-state index in [1.165, 1.54) is 25.4 Å². The molecule has 8 rings (SSSR count). The number of ether oxygens (including phenoxy) is 1. The lowest BCUT2D eigenvalue weighted by molar-refractivity contribution is 0.0725. The molecule has 2 saturated heterocycles. The van der Waals surface area contributed by atoms with E-state index in [9.17, 15) is 9.59 Å². The molecule has 3 N–H and O–H groups in total. The summed E-state index contributed by atoms with van der Waals surface area (Å²) in [7, 11) is 1.62. The smallest absolute Gasteiger partial charge is 0.289 e. The van der Waals surface area contributed by atoms with Crippen molar-refractivity contribution in [2.45, 2.75) is 76.7 Å². The minimum absolute atomic E-state index is 0.0115. The summed E-state index contributed by atoms with van der Waals surface area (Å²) in [6, 6.07) is 9.77. The lowest BCUT2D eigenvalue weighted by Crippen LogP contribution is -2.40. The van der Waals surface area contributed by atoms with E-state index in [0.717, 1.165) is 59.6 Å². The van der Waals surface area contributed by atoms with Crippen molar-refractivity contribution >= 4 is 28.5 Å². The van der Waals surface area contributed by atoms with E-state index in [-0.39, 0.29) is 41.7 Å². The molecule has 12 heteroatoms. The molecule has 0 aromatic carbocycles. The Bertz CT molecular complexity index is 1960. The first kappa shape index (κ1) is 27.8. The number of rotatable bonds is 8. The molecule has 0 unspecified atom stereocenters. The van der Waals surface area contributed by atoms with Crippen LogP contribution in [0.5, 0.6) is 5.88 Å². The number of carbonyl (C=O) groups is 2. The summed E-state index contributed by atoms with van der Waals surface area (Å²) in [5, 5.41) is 3.94. The number of methoxy groups -OCH3 is 1. The molecular formula is C33H36N8O4. The molecule has 45 heavy (non-hydrogen) atoms. The van der Waals surface area contributed by atoms with Crippen LogP contribution in [0.3, 0.4) is 0 Å². The van der Waals surface area contributed by atoms with E-state index in [0.29, 0.717) is 23.0 Å². The van der Waals surface area contributed by atoms with Gasteiger partial charge in [-0.05, 0) is 76.1 Å². The number of imidazole rings is 1. The van der Waals surface area contributed by atoms with Crippen LogP contribution in [0.1, 0.15) is 77.4 Å². The zero-order chi connectivity index (χ0) is 31.0. The minimum Gasteiger partial charge on any atom is -0.482 e. The van der Waals surface area contributed by atoms with E-state index in [2.05, 4.69) is 20.9 Å². The van der Waals surface area contributed by atoms with Gasteiger partial charge in [0.05, 0.1) is 36.4 Å². The second kappa shape index (κ2) is 10.4. The fourth-order valence-corrected chi connectivity index (χ4v) is 7.29. The number of nitrogens with zero attached hydrogens (tertiary/aromatic N) is 6. The fraction of sp³-hybridized carbons (Fsp3) is 0.424. The van der Waals surface area contributed by atoms with Crippen LogP contribution in [-0.2, 0) is 6.54 Å². The highest BCUT2D eigenvalue weighted by molar-refractivity contribution is 5.97. The fourth-order valence-electron chi connectivity index (χ4n) is 7.29. The van der Waals surface area contributed by atoms with Crippen molar-refractivity contribution in [3.05, 3.63) is 65.6 Å². The van der Waals surface area contributed by atoms with Gasteiger partial charge in [0.2, 0.25) is 5.76 Å². The summed E-state index contributed by atoms with van der Waals surface area (Å²) >= 11 is 0. The molecule has 0 radical (unpaired) electrons. The maximum Gasteiger partial charge on any atom is 0.289 e. The Kier molecular flexibility index (Phi) is 6.45. The normalized spacial score (nSPS) is 21.6. The first-order chi connectivity index (χ1) is 21.8. The first-order valence-corrected chi connectivity index (χ1v) is 15.7. The number of pyridine rings is 2. The zero-order valence-electron chi connectivity index (χ0n) is 25.6. The van der Waals surface area contributed by atoms with Crippen LogP contribution in [-0.4, -0.2) is 65.9 Å². The number of aryl methyl sites for hydroxylation is 1. The summed E-state index contributed by atoms with van der Waals surface area (Å²) in [5.74, 6) is 0.934. The lowest BCUT2D eigenvalue weighted by atomic mass is 9.97. The van der Waals surface area contributed by atoms with Crippen LogP contribution in [0.2, 0.25) is 0 Å². The van der Waals surface area contributed by atoms with Crippen molar-refractivity contribution in [2.24, 2.45) is 11.7 Å². The standard InChI is InChI=1S/C33H36N8O4/c1-17(36-32(42)27-14-35-16-45-27)24-8-6-20-10-26(39(31(20)37-24)15-19-4-5-19)30-18(2)40-28(38-30)11-21(12-29(40)44-3)33(43)41-22-7-9-25(41)23(34)13-22/h6,8,10-12,14,16-17,19,22-23,25H,4-5,7,9,13,15,34H2,1-3H3,(H,36,42)/t17-,22+,23-,25-/m1/s1. The molecule has 2 aliphatic heterocycles. The SMILES string of the molecule is COc1cc(C(=O)N2[C@H]3CC[C@@H]2[C@H](N)C3)cc2nc(-c3cc4ccc([C@@H](C)NC(=O)c5cnco5)nc4n3CC3CC3)c(C)n12. The minimum atomic E-state index is -0.350. The predicted molar refractivity (Wildman–Crippen MR) is 166 cm³/mol. The number of nitrogens with two attached hydrogens (primary N) is 1. The number of carbonyl (C=O) groups excluding carboxylic acids is 2. The highest BCUT2D eigenvalue weighted by atomic mass is 16.5. The molecule has 3 fully saturated rings. The average molecular weight is 609 g/mol. The van der Waals surface area contributed by atoms with Crippen molar-refractivity contribution in [3.63, 3.8) is 0 Å². The summed E-state index contributed by atoms with van der Waals surface area (Å²) in [4.78, 5) is 42.3. The van der Waals surface area contributed by atoms with Gasteiger partial charge in [0.15, 0.2) is 12.3 Å². The largest absolute Gasteiger partial charge is 0.482 e. The highest BCUT2D eigenvalue weighted by Gasteiger charge is 2.47. The molecule has 2 amide bonds. The van der Waals surface area contributed by atoms with Gasteiger partial charge in [0.1, 0.15) is 17.0 Å². The number of aromatic nitrogens is 5. The molecule has 3 aliphatic rings. The third-order valence-corrected chi connectivity index (χ3v) is 9.79. The maximum atomic E-state index is 13.8. The number of nitrogens with one attached hydrogen (secondary N) is 1. The summed E-state index contributed by atoms with van der Waals surface area (Å²) < 4.78 is 15.2. The van der Waals surface area contributed by atoms with Crippen molar-refractivity contribution in [2.75, 3.05) is 7.11 Å². The summed E-state index contributed by atoms with van der Waals surface area (Å²) in [6.45, 7) is 4.74. The zero-order valence-corrected chi connectivity index (χ0v) is 25.6. The van der Waals surface area contributed by atoms with Gasteiger partial charge in [0.25, 0.3) is 11.8 Å². The van der Waals surface area contributed by atoms with Gasteiger partial charge in [-0.1, -0.05) is 0 Å². The Hall–Kier alpha value is -4.71. The Morgan fingerprint density at radius 2 is 2.00 bits per heavy atom. The van der Waals surface area contributed by atoms with Gasteiger partial charge in [-0.25, -0.2) is 15.0 Å². The lowest BCUT2D eigenvalue weighted by Gasteiger charge is -2.23. The average Bonchev–Trinajstić information content (AvgIpc) is 3.46. The Morgan fingerprint density at radius 3 is 2.69 bits per heavy atom. The molecule has 5 aromatic rings. The molecule has 4 atom stereocenters. The van der Waals surface area contributed by atoms with Crippen LogP contribution in [0.15, 0.2) is 47.3 Å². The van der Waals surface area contributed by atoms with Gasteiger partial charge in [-0.2, -0.15) is 0 Å². The van der Waals surface area contributed by atoms with Crippen molar-refractivity contribution in [1.82, 2.24) is 34.1 Å². The van der Waals surface area contributed by atoms with Crippen LogP contribution >= 0.6 is 0 Å². The first-order valence-electron chi connectivity index (χ1n) is 15.7. The number of oxazole rings is 1. The second-order valence-corrected chi connectivity index (χ2v) is 12.7. The number of hydrogen-bond donors (Lipinski definition) is 2. The van der Waals surface area contributed by atoms with Crippen molar-refractivity contribution < 1.29 is 18.7 Å². The van der Waals surface area contributed by atoms with E-state index >= 15 is 0 Å². The quantitative estimate of drug-likeness (QED) is 0.266. The van der Waals surface area contributed by atoms with Crippen molar-refractivity contribution in [1.29, 1.82) is 0 Å². The van der Waals surface area contributed by atoms with Crippen LogP contribution < -0.4 is 15.8 Å². The molecule has 2 bridgehead atoms. The molecule has 1 aliphatic carbocycles. The van der Waals surface area contributed by atoms with E-state index in [1.54, 1.807) is 7.11 Å². The molecule has 7 heterocycles. The van der Waals surface area contributed by atoms with Crippen LogP contribution in [0, 0.1) is 12.8 Å². The maximum absolute atomic E-state index is 13.8. The second-order valence-electron chi connectivity index (χ2n) is 12.7. The van der Waals surface area contributed by atoms with Gasteiger partial charge < -0.3 is 29.7 Å². The Labute approximate surface area is 259 Å². The number of fused-ring (bicyclic) bond motifs is 4. The van der Waals surface area contributed by atoms with Gasteiger partial charge in [-0.3, -0.25) is 14.0 Å². The predicted octanol–water partition coefficient (Wildman–Crippen LogP) is 4.26. The molecule has 0 spiro atoms. The third-order valence-electron chi connectivity index (χ3n) is 9.79. The van der Waals surface area contributed by atoms with Gasteiger partial charge in [0, 0.05) is 41.7 Å². The van der Waals surface area contributed by atoms with Crippen LogP contribution in [0.25, 0.3) is 28.1 Å². The van der Waals surface area contributed by atoms with E-state index in [1.807, 2.05) is 47.4 Å². The van der Waals surface area contributed by atoms with E-state index < -0.39 is 0 Å². The monoisotopic (exact) mass is 608 g/mol. The Balaban J connectivity index is 1.19. The molecule has 232 valence electrons. The molecular weight excluding hydrogens is 572 g/mol. The highest BCUT2D eigenvalue weighted by Crippen LogP contribution is 2.40. The molecule has 12 nitrogen and oxygen atoms in total. The number of hydrogen-bond acceptors (Lipinski definition) is 8. The topological polar surface area (TPSA) is 146 Å². The van der Waals surface area contributed by atoms with E-state index in [4.69, 9.17) is 24.9 Å². The third kappa shape index (κ3) is 4.57. The summed E-state index contributed by atoms with van der Waals surface area (Å²) in [6.07, 6.45) is 7.79. The van der Waals surface area contributed by atoms with Gasteiger partial charge in [-0.15, -0.1) is 0 Å². The van der Waals surface area contributed by atoms with Gasteiger partial charge >= 0.3 is 0 Å². The van der Waals surface area contributed by atoms with Crippen molar-refractivity contribution in [3.8, 4) is 17.3 Å². The number of amides is 2. The molecule has 1 saturated carbocycles. The molecule has 5 aromatic heterocycles.